The highest BCUT2D eigenvalue weighted by Crippen LogP contribution is 2.14. The molecule has 60 valence electrons. The average Bonchev–Trinajstić information content (AvgIpc) is 1.93. The minimum atomic E-state index is 0.995. The van der Waals surface area contributed by atoms with Crippen LogP contribution in [-0.2, 0) is 0 Å². The maximum atomic E-state index is 3.93. The van der Waals surface area contributed by atoms with Gasteiger partial charge in [-0.15, -0.1) is 0 Å². The molecule has 2 heteroatoms. The molecule has 0 unspecified atom stereocenters. The van der Waals surface area contributed by atoms with Crippen LogP contribution in [0.15, 0.2) is 29.0 Å². The molecule has 0 amide bonds. The zero-order valence-corrected chi connectivity index (χ0v) is 6.95. The first-order chi connectivity index (χ1) is 5.38. The van der Waals surface area contributed by atoms with Gasteiger partial charge in [-0.05, 0) is 26.1 Å². The van der Waals surface area contributed by atoms with Gasteiger partial charge in [0.2, 0.25) is 0 Å². The van der Waals surface area contributed by atoms with Crippen molar-refractivity contribution in [3.8, 4) is 0 Å². The van der Waals surface area contributed by atoms with Crippen LogP contribution in [0.1, 0.15) is 13.3 Å². The SMILES string of the molecule is C=N/C(=C\C=C/C)N1CCC1. The van der Waals surface area contributed by atoms with Crippen LogP contribution in [-0.4, -0.2) is 24.7 Å². The van der Waals surface area contributed by atoms with Gasteiger partial charge in [0.15, 0.2) is 0 Å². The van der Waals surface area contributed by atoms with Gasteiger partial charge >= 0.3 is 0 Å². The lowest BCUT2D eigenvalue weighted by atomic mass is 10.2. The maximum Gasteiger partial charge on any atom is 0.127 e. The Labute approximate surface area is 67.9 Å². The van der Waals surface area contributed by atoms with Gasteiger partial charge < -0.3 is 4.90 Å². The summed E-state index contributed by atoms with van der Waals surface area (Å²) in [6.45, 7) is 7.77. The minimum Gasteiger partial charge on any atom is -0.357 e. The first-order valence-corrected chi connectivity index (χ1v) is 3.93. The molecule has 0 aromatic carbocycles. The standard InChI is InChI=1S/C9H14N2/c1-3-4-6-9(10-2)11-7-5-8-11/h3-4,6H,2,5,7-8H2,1H3/b4-3-,9-6+. The quantitative estimate of drug-likeness (QED) is 0.442. The summed E-state index contributed by atoms with van der Waals surface area (Å²) in [4.78, 5) is 6.15. The molecule has 0 aromatic rings. The largest absolute Gasteiger partial charge is 0.357 e. The van der Waals surface area contributed by atoms with Crippen molar-refractivity contribution < 1.29 is 0 Å². The first kappa shape index (κ1) is 8.05. The van der Waals surface area contributed by atoms with Crippen LogP contribution in [0.3, 0.4) is 0 Å². The van der Waals surface area contributed by atoms with Crippen LogP contribution in [0, 0.1) is 0 Å². The van der Waals surface area contributed by atoms with Gasteiger partial charge in [-0.25, -0.2) is 4.99 Å². The number of likely N-dealkylation sites (tertiary alicyclic amines) is 1. The molecular weight excluding hydrogens is 136 g/mol. The van der Waals surface area contributed by atoms with Crippen molar-refractivity contribution in [1.29, 1.82) is 0 Å². The van der Waals surface area contributed by atoms with Crippen LogP contribution in [0.5, 0.6) is 0 Å². The van der Waals surface area contributed by atoms with Crippen molar-refractivity contribution >= 4 is 6.72 Å². The van der Waals surface area contributed by atoms with Crippen LogP contribution in [0.2, 0.25) is 0 Å². The fourth-order valence-electron chi connectivity index (χ4n) is 0.986. The van der Waals surface area contributed by atoms with Crippen LogP contribution in [0.4, 0.5) is 0 Å². The molecule has 1 aliphatic rings. The summed E-state index contributed by atoms with van der Waals surface area (Å²) >= 11 is 0. The molecule has 0 aliphatic carbocycles. The molecule has 1 heterocycles. The summed E-state index contributed by atoms with van der Waals surface area (Å²) in [5.41, 5.74) is 0. The van der Waals surface area contributed by atoms with Crippen LogP contribution >= 0.6 is 0 Å². The topological polar surface area (TPSA) is 15.6 Å². The number of nitrogens with zero attached hydrogens (tertiary/aromatic N) is 2. The van der Waals surface area contributed by atoms with Crippen LogP contribution < -0.4 is 0 Å². The third kappa shape index (κ3) is 1.93. The Bertz CT molecular complexity index is 188. The summed E-state index contributed by atoms with van der Waals surface area (Å²) in [7, 11) is 0. The van der Waals surface area contributed by atoms with E-state index in [2.05, 4.69) is 16.6 Å². The molecule has 11 heavy (non-hydrogen) atoms. The molecule has 0 aromatic heterocycles. The molecule has 0 saturated carbocycles. The summed E-state index contributed by atoms with van der Waals surface area (Å²) in [5.74, 6) is 0.995. The monoisotopic (exact) mass is 150 g/mol. The fraction of sp³-hybridized carbons (Fsp3) is 0.444. The second-order valence-electron chi connectivity index (χ2n) is 2.55. The molecule has 1 aliphatic heterocycles. The lowest BCUT2D eigenvalue weighted by molar-refractivity contribution is 0.237. The molecule has 0 bridgehead atoms. The van der Waals surface area contributed by atoms with Gasteiger partial charge in [-0.2, -0.15) is 0 Å². The zero-order valence-electron chi connectivity index (χ0n) is 6.95. The second-order valence-corrected chi connectivity index (χ2v) is 2.55. The van der Waals surface area contributed by atoms with E-state index < -0.39 is 0 Å². The average molecular weight is 150 g/mol. The Morgan fingerprint density at radius 2 is 2.27 bits per heavy atom. The van der Waals surface area contributed by atoms with Gasteiger partial charge in [0.25, 0.3) is 0 Å². The van der Waals surface area contributed by atoms with E-state index in [-0.39, 0.29) is 0 Å². The molecule has 0 N–H and O–H groups in total. The van der Waals surface area contributed by atoms with Crippen molar-refractivity contribution in [3.05, 3.63) is 24.0 Å². The van der Waals surface area contributed by atoms with Gasteiger partial charge in [-0.3, -0.25) is 0 Å². The van der Waals surface area contributed by atoms with Crippen LogP contribution in [0.25, 0.3) is 0 Å². The lowest BCUT2D eigenvalue weighted by Crippen LogP contribution is -2.35. The Hall–Kier alpha value is -1.05. The summed E-state index contributed by atoms with van der Waals surface area (Å²) in [6, 6.07) is 0. The number of hydrogen-bond donors (Lipinski definition) is 0. The third-order valence-corrected chi connectivity index (χ3v) is 1.78. The van der Waals surface area contributed by atoms with E-state index in [0.717, 1.165) is 18.9 Å². The lowest BCUT2D eigenvalue weighted by Gasteiger charge is -2.32. The van der Waals surface area contributed by atoms with Crippen molar-refractivity contribution in [3.63, 3.8) is 0 Å². The Morgan fingerprint density at radius 1 is 1.55 bits per heavy atom. The summed E-state index contributed by atoms with van der Waals surface area (Å²) in [6.07, 6.45) is 7.25. The maximum absolute atomic E-state index is 3.93. The van der Waals surface area contributed by atoms with E-state index in [1.165, 1.54) is 6.42 Å². The third-order valence-electron chi connectivity index (χ3n) is 1.78. The minimum absolute atomic E-state index is 0.995. The van der Waals surface area contributed by atoms with Gasteiger partial charge in [0, 0.05) is 13.1 Å². The predicted octanol–water partition coefficient (Wildman–Crippen LogP) is 1.81. The second kappa shape index (κ2) is 3.96. The molecule has 0 spiro atoms. The van der Waals surface area contributed by atoms with E-state index in [1.54, 1.807) is 0 Å². The molecular formula is C9H14N2. The fourth-order valence-corrected chi connectivity index (χ4v) is 0.986. The normalized spacial score (nSPS) is 18.6. The van der Waals surface area contributed by atoms with E-state index in [9.17, 15) is 0 Å². The number of rotatable bonds is 3. The molecule has 1 rings (SSSR count). The van der Waals surface area contributed by atoms with Gasteiger partial charge in [0.05, 0.1) is 0 Å². The molecule has 1 saturated heterocycles. The van der Waals surface area contributed by atoms with Crippen molar-refractivity contribution in [1.82, 2.24) is 4.90 Å². The summed E-state index contributed by atoms with van der Waals surface area (Å²) < 4.78 is 0. The van der Waals surface area contributed by atoms with E-state index in [0.29, 0.717) is 0 Å². The Balaban J connectivity index is 2.53. The van der Waals surface area contributed by atoms with E-state index >= 15 is 0 Å². The van der Waals surface area contributed by atoms with Gasteiger partial charge in [0.1, 0.15) is 5.82 Å². The van der Waals surface area contributed by atoms with Crippen molar-refractivity contribution in [2.24, 2.45) is 4.99 Å². The zero-order chi connectivity index (χ0) is 8.10. The van der Waals surface area contributed by atoms with Crippen molar-refractivity contribution in [2.45, 2.75) is 13.3 Å². The van der Waals surface area contributed by atoms with Crippen molar-refractivity contribution in [2.75, 3.05) is 13.1 Å². The first-order valence-electron chi connectivity index (χ1n) is 3.93. The Kier molecular flexibility index (Phi) is 2.90. The molecule has 2 nitrogen and oxygen atoms in total. The number of allylic oxidation sites excluding steroid dienone is 3. The highest BCUT2D eigenvalue weighted by molar-refractivity contribution is 5.30. The molecule has 1 fully saturated rings. The Morgan fingerprint density at radius 3 is 2.64 bits per heavy atom. The predicted molar refractivity (Wildman–Crippen MR) is 48.6 cm³/mol. The number of aliphatic imine (C=N–C) groups is 1. The highest BCUT2D eigenvalue weighted by atomic mass is 15.2. The number of hydrogen-bond acceptors (Lipinski definition) is 2. The molecule has 0 radical (unpaired) electrons. The van der Waals surface area contributed by atoms with E-state index in [1.807, 2.05) is 25.2 Å². The smallest absolute Gasteiger partial charge is 0.127 e. The van der Waals surface area contributed by atoms with Gasteiger partial charge in [-0.1, -0.05) is 12.2 Å². The molecule has 0 atom stereocenters. The summed E-state index contributed by atoms with van der Waals surface area (Å²) in [5, 5.41) is 0. The highest BCUT2D eigenvalue weighted by Gasteiger charge is 2.14. The van der Waals surface area contributed by atoms with E-state index in [4.69, 9.17) is 0 Å².